The second-order valence-corrected chi connectivity index (χ2v) is 7.49. The van der Waals surface area contributed by atoms with Gasteiger partial charge in [-0.2, -0.15) is 11.8 Å². The zero-order valence-corrected chi connectivity index (χ0v) is 12.9. The van der Waals surface area contributed by atoms with Crippen molar-refractivity contribution in [3.8, 4) is 0 Å². The first-order valence-corrected chi connectivity index (χ1v) is 7.76. The third kappa shape index (κ3) is 7.02. The van der Waals surface area contributed by atoms with E-state index in [0.717, 1.165) is 18.7 Å². The molecule has 18 heavy (non-hydrogen) atoms. The molecule has 1 aromatic rings. The van der Waals surface area contributed by atoms with Crippen molar-refractivity contribution in [1.29, 1.82) is 0 Å². The van der Waals surface area contributed by atoms with Gasteiger partial charge in [-0.15, -0.1) is 0 Å². The van der Waals surface area contributed by atoms with Crippen molar-refractivity contribution in [2.24, 2.45) is 0 Å². The minimum absolute atomic E-state index is 0.334. The van der Waals surface area contributed by atoms with Gasteiger partial charge in [-0.05, 0) is 31.0 Å². The van der Waals surface area contributed by atoms with Crippen molar-refractivity contribution < 1.29 is 0 Å². The van der Waals surface area contributed by atoms with Crippen LogP contribution in [0.25, 0.3) is 0 Å². The fourth-order valence-electron chi connectivity index (χ4n) is 1.69. The lowest BCUT2D eigenvalue weighted by Gasteiger charge is -2.24. The Labute approximate surface area is 116 Å². The van der Waals surface area contributed by atoms with Crippen LogP contribution in [0.1, 0.15) is 39.7 Å². The number of thioether (sulfide) groups is 1. The zero-order chi connectivity index (χ0) is 13.4. The molecule has 1 rings (SSSR count). The highest BCUT2D eigenvalue weighted by atomic mass is 32.2. The lowest BCUT2D eigenvalue weighted by atomic mass is 10.1. The summed E-state index contributed by atoms with van der Waals surface area (Å²) in [6, 6.07) is 4.72. The molecule has 1 unspecified atom stereocenters. The monoisotopic (exact) mass is 266 g/mol. The highest BCUT2D eigenvalue weighted by Gasteiger charge is 2.15. The van der Waals surface area contributed by atoms with E-state index in [9.17, 15) is 0 Å². The van der Waals surface area contributed by atoms with Gasteiger partial charge in [-0.1, -0.05) is 33.8 Å². The number of nitrogens with one attached hydrogen (secondary N) is 1. The van der Waals surface area contributed by atoms with Crippen LogP contribution in [-0.2, 0) is 6.42 Å². The first-order chi connectivity index (χ1) is 8.51. The molecule has 2 nitrogen and oxygen atoms in total. The van der Waals surface area contributed by atoms with Crippen LogP contribution in [0, 0.1) is 0 Å². The maximum atomic E-state index is 4.19. The van der Waals surface area contributed by atoms with Crippen LogP contribution in [0.15, 0.2) is 24.5 Å². The van der Waals surface area contributed by atoms with Gasteiger partial charge < -0.3 is 5.32 Å². The molecule has 0 saturated heterocycles. The summed E-state index contributed by atoms with van der Waals surface area (Å²) >= 11 is 2.03. The van der Waals surface area contributed by atoms with Crippen LogP contribution in [0.4, 0.5) is 0 Å². The molecule has 0 amide bonds. The predicted molar refractivity (Wildman–Crippen MR) is 82.2 cm³/mol. The number of hydrogen-bond donors (Lipinski definition) is 1. The molecule has 0 bridgehead atoms. The van der Waals surface area contributed by atoms with Gasteiger partial charge in [0.05, 0.1) is 0 Å². The van der Waals surface area contributed by atoms with Crippen molar-refractivity contribution in [2.45, 2.75) is 51.3 Å². The van der Waals surface area contributed by atoms with Gasteiger partial charge >= 0.3 is 0 Å². The Bertz CT molecular complexity index is 319. The van der Waals surface area contributed by atoms with Gasteiger partial charge in [0.1, 0.15) is 0 Å². The van der Waals surface area contributed by atoms with Crippen molar-refractivity contribution >= 4 is 11.8 Å². The van der Waals surface area contributed by atoms with Gasteiger partial charge in [0, 0.05) is 28.9 Å². The van der Waals surface area contributed by atoms with Crippen molar-refractivity contribution in [2.75, 3.05) is 12.3 Å². The molecule has 1 atom stereocenters. The van der Waals surface area contributed by atoms with Crippen LogP contribution < -0.4 is 5.32 Å². The van der Waals surface area contributed by atoms with E-state index >= 15 is 0 Å². The lowest BCUT2D eigenvalue weighted by molar-refractivity contribution is 0.548. The average molecular weight is 266 g/mol. The number of pyridine rings is 1. The molecule has 0 fully saturated rings. The number of aromatic nitrogens is 1. The maximum Gasteiger partial charge on any atom is 0.0300 e. The molecule has 1 heterocycles. The predicted octanol–water partition coefficient (Wildman–Crippen LogP) is 3.52. The fraction of sp³-hybridized carbons (Fsp3) is 0.667. The Morgan fingerprint density at radius 3 is 2.72 bits per heavy atom. The van der Waals surface area contributed by atoms with Crippen molar-refractivity contribution in [3.63, 3.8) is 0 Å². The van der Waals surface area contributed by atoms with Crippen LogP contribution in [0.3, 0.4) is 0 Å². The van der Waals surface area contributed by atoms with Crippen LogP contribution in [-0.4, -0.2) is 28.1 Å². The Balaban J connectivity index is 2.50. The topological polar surface area (TPSA) is 24.9 Å². The van der Waals surface area contributed by atoms with Gasteiger partial charge in [0.15, 0.2) is 0 Å². The lowest BCUT2D eigenvalue weighted by Crippen LogP contribution is -2.35. The Kier molecular flexibility index (Phi) is 6.72. The third-order valence-corrected chi connectivity index (χ3v) is 4.04. The van der Waals surface area contributed by atoms with Crippen LogP contribution in [0.5, 0.6) is 0 Å². The van der Waals surface area contributed by atoms with E-state index in [4.69, 9.17) is 0 Å². The smallest absolute Gasteiger partial charge is 0.0300 e. The SMILES string of the molecule is CCCNC(CSC(C)(C)C)Cc1cccnc1. The van der Waals surface area contributed by atoms with E-state index in [0.29, 0.717) is 10.8 Å². The van der Waals surface area contributed by atoms with Crippen LogP contribution >= 0.6 is 11.8 Å². The van der Waals surface area contributed by atoms with E-state index in [2.05, 4.69) is 44.1 Å². The molecule has 102 valence electrons. The largest absolute Gasteiger partial charge is 0.313 e. The van der Waals surface area contributed by atoms with E-state index in [1.165, 1.54) is 12.0 Å². The molecule has 0 aliphatic rings. The molecular weight excluding hydrogens is 240 g/mol. The summed E-state index contributed by atoms with van der Waals surface area (Å²) in [4.78, 5) is 4.19. The molecule has 0 spiro atoms. The summed E-state index contributed by atoms with van der Waals surface area (Å²) in [6.45, 7) is 10.1. The minimum atomic E-state index is 0.334. The quantitative estimate of drug-likeness (QED) is 0.817. The third-order valence-electron chi connectivity index (χ3n) is 2.61. The fourth-order valence-corrected chi connectivity index (χ4v) is 2.63. The summed E-state index contributed by atoms with van der Waals surface area (Å²) in [5, 5.41) is 3.64. The molecule has 1 aromatic heterocycles. The second kappa shape index (κ2) is 7.80. The molecule has 0 saturated carbocycles. The van der Waals surface area contributed by atoms with E-state index in [1.54, 1.807) is 0 Å². The molecular formula is C15H26N2S. The molecule has 1 N–H and O–H groups in total. The van der Waals surface area contributed by atoms with Gasteiger partial charge in [-0.25, -0.2) is 0 Å². The highest BCUT2D eigenvalue weighted by molar-refractivity contribution is 8.00. The van der Waals surface area contributed by atoms with Crippen molar-refractivity contribution in [1.82, 2.24) is 10.3 Å². The van der Waals surface area contributed by atoms with Gasteiger partial charge in [0.2, 0.25) is 0 Å². The summed E-state index contributed by atoms with van der Waals surface area (Å²) in [7, 11) is 0. The Hall–Kier alpha value is -0.540. The number of nitrogens with zero attached hydrogens (tertiary/aromatic N) is 1. The Morgan fingerprint density at radius 1 is 1.39 bits per heavy atom. The van der Waals surface area contributed by atoms with Crippen molar-refractivity contribution in [3.05, 3.63) is 30.1 Å². The molecule has 0 aliphatic heterocycles. The first kappa shape index (κ1) is 15.5. The molecule has 3 heteroatoms. The normalized spacial score (nSPS) is 13.6. The Morgan fingerprint density at radius 2 is 2.17 bits per heavy atom. The number of rotatable bonds is 7. The average Bonchev–Trinajstić information content (AvgIpc) is 2.33. The van der Waals surface area contributed by atoms with Crippen LogP contribution in [0.2, 0.25) is 0 Å². The molecule has 0 aliphatic carbocycles. The standard InChI is InChI=1S/C15H26N2S/c1-5-8-17-14(12-18-15(2,3)4)10-13-7-6-9-16-11-13/h6-7,9,11,14,17H,5,8,10,12H2,1-4H3. The molecule has 0 radical (unpaired) electrons. The summed E-state index contributed by atoms with van der Waals surface area (Å²) in [6.07, 6.45) is 6.06. The summed E-state index contributed by atoms with van der Waals surface area (Å²) < 4.78 is 0.334. The van der Waals surface area contributed by atoms with Gasteiger partial charge in [0.25, 0.3) is 0 Å². The highest BCUT2D eigenvalue weighted by Crippen LogP contribution is 2.24. The van der Waals surface area contributed by atoms with E-state index in [-0.39, 0.29) is 0 Å². The summed E-state index contributed by atoms with van der Waals surface area (Å²) in [5.74, 6) is 1.15. The zero-order valence-electron chi connectivity index (χ0n) is 12.1. The number of hydrogen-bond acceptors (Lipinski definition) is 3. The maximum absolute atomic E-state index is 4.19. The van der Waals surface area contributed by atoms with E-state index < -0.39 is 0 Å². The minimum Gasteiger partial charge on any atom is -0.313 e. The summed E-state index contributed by atoms with van der Waals surface area (Å²) in [5.41, 5.74) is 1.32. The second-order valence-electron chi connectivity index (χ2n) is 5.64. The molecule has 0 aromatic carbocycles. The van der Waals surface area contributed by atoms with Gasteiger partial charge in [-0.3, -0.25) is 4.98 Å². The van der Waals surface area contributed by atoms with E-state index in [1.807, 2.05) is 30.2 Å². The first-order valence-electron chi connectivity index (χ1n) is 6.77.